The van der Waals surface area contributed by atoms with Gasteiger partial charge in [0.05, 0.1) is 37.8 Å². The molecule has 0 aromatic heterocycles. The number of amides is 4. The van der Waals surface area contributed by atoms with Gasteiger partial charge in [-0.05, 0) is 30.2 Å². The second-order valence-electron chi connectivity index (χ2n) is 9.39. The lowest BCUT2D eigenvalue weighted by Crippen LogP contribution is -2.44. The number of benzene rings is 2. The third-order valence-corrected chi connectivity index (χ3v) is 7.26. The maximum absolute atomic E-state index is 13.4. The van der Waals surface area contributed by atoms with Crippen LogP contribution >= 0.6 is 0 Å². The van der Waals surface area contributed by atoms with E-state index in [1.165, 1.54) is 0 Å². The predicted octanol–water partition coefficient (Wildman–Crippen LogP) is 2.16. The number of urea groups is 1. The van der Waals surface area contributed by atoms with E-state index >= 15 is 0 Å². The second kappa shape index (κ2) is 10.8. The molecule has 3 saturated heterocycles. The molecule has 0 spiro atoms. The fourth-order valence-corrected chi connectivity index (χ4v) is 5.17. The largest absolute Gasteiger partial charge is 0.378 e. The summed E-state index contributed by atoms with van der Waals surface area (Å²) in [6, 6.07) is 14.5. The van der Waals surface area contributed by atoms with E-state index in [1.807, 2.05) is 49.4 Å². The number of rotatable bonds is 7. The van der Waals surface area contributed by atoms with Crippen LogP contribution < -0.4 is 20.4 Å². The van der Waals surface area contributed by atoms with Crippen LogP contribution in [0.3, 0.4) is 0 Å². The average molecular weight is 508 g/mol. The molecule has 0 unspecified atom stereocenters. The van der Waals surface area contributed by atoms with E-state index in [4.69, 9.17) is 9.47 Å². The molecule has 0 radical (unpaired) electrons. The number of carbonyl (C=O) groups excluding carboxylic acids is 3. The highest BCUT2D eigenvalue weighted by atomic mass is 16.5. The number of hydrogen-bond acceptors (Lipinski definition) is 7. The average Bonchev–Trinajstić information content (AvgIpc) is 3.19. The monoisotopic (exact) mass is 507 g/mol. The molecule has 10 heteroatoms. The van der Waals surface area contributed by atoms with Crippen molar-refractivity contribution in [1.82, 2.24) is 10.2 Å². The van der Waals surface area contributed by atoms with Crippen LogP contribution in [-0.2, 0) is 24.6 Å². The number of ether oxygens (including phenoxy) is 2. The zero-order valence-electron chi connectivity index (χ0n) is 21.1. The first kappa shape index (κ1) is 25.0. The molecule has 3 fully saturated rings. The van der Waals surface area contributed by atoms with Gasteiger partial charge < -0.3 is 29.9 Å². The van der Waals surface area contributed by atoms with Crippen LogP contribution in [0.4, 0.5) is 21.9 Å². The van der Waals surface area contributed by atoms with Gasteiger partial charge in [0.1, 0.15) is 12.1 Å². The molecule has 0 bridgehead atoms. The summed E-state index contributed by atoms with van der Waals surface area (Å²) in [7, 11) is 0. The van der Waals surface area contributed by atoms with E-state index in [1.54, 1.807) is 0 Å². The van der Waals surface area contributed by atoms with Gasteiger partial charge in [-0.2, -0.15) is 0 Å². The molecule has 2 aromatic carbocycles. The molecule has 0 saturated carbocycles. The van der Waals surface area contributed by atoms with Crippen molar-refractivity contribution in [3.05, 3.63) is 54.1 Å². The molecule has 2 aromatic rings. The van der Waals surface area contributed by atoms with Gasteiger partial charge in [0.25, 0.3) is 5.91 Å². The Bertz CT molecular complexity index is 1150. The molecule has 0 aliphatic carbocycles. The molecule has 1 atom stereocenters. The first-order chi connectivity index (χ1) is 18.0. The maximum atomic E-state index is 13.4. The van der Waals surface area contributed by atoms with E-state index < -0.39 is 23.4 Å². The molecular formula is C27H33N5O5. The van der Waals surface area contributed by atoms with Crippen LogP contribution in [0.15, 0.2) is 48.5 Å². The van der Waals surface area contributed by atoms with Gasteiger partial charge in [-0.1, -0.05) is 37.3 Å². The summed E-state index contributed by atoms with van der Waals surface area (Å²) in [4.78, 5) is 44.9. The van der Waals surface area contributed by atoms with Crippen molar-refractivity contribution in [2.24, 2.45) is 0 Å². The van der Waals surface area contributed by atoms with E-state index in [9.17, 15) is 14.4 Å². The Balaban J connectivity index is 1.35. The van der Waals surface area contributed by atoms with Crippen molar-refractivity contribution in [3.8, 4) is 0 Å². The molecule has 4 amide bonds. The Kier molecular flexibility index (Phi) is 7.29. The normalized spacial score (nSPS) is 22.2. The Morgan fingerprint density at radius 3 is 2.24 bits per heavy atom. The fraction of sp³-hybridized carbons (Fsp3) is 0.444. The van der Waals surface area contributed by atoms with Gasteiger partial charge in [-0.3, -0.25) is 14.5 Å². The van der Waals surface area contributed by atoms with Gasteiger partial charge in [0.2, 0.25) is 5.91 Å². The zero-order valence-corrected chi connectivity index (χ0v) is 21.1. The van der Waals surface area contributed by atoms with Crippen molar-refractivity contribution in [2.45, 2.75) is 18.9 Å². The molecule has 37 heavy (non-hydrogen) atoms. The minimum absolute atomic E-state index is 0.368. The molecule has 196 valence electrons. The van der Waals surface area contributed by atoms with Gasteiger partial charge in [0, 0.05) is 31.9 Å². The minimum atomic E-state index is -1.17. The summed E-state index contributed by atoms with van der Waals surface area (Å²) in [5, 5.41) is 5.78. The van der Waals surface area contributed by atoms with Gasteiger partial charge in [0.15, 0.2) is 0 Å². The van der Waals surface area contributed by atoms with Crippen LogP contribution in [0.25, 0.3) is 0 Å². The van der Waals surface area contributed by atoms with E-state index in [0.29, 0.717) is 57.2 Å². The SMILES string of the molecule is CC[C@@]1(c2ccccc2)NC(=O)N(CC(=O)Nc2ccc(N3CCOCC3)cc2N2CCOCC2)C1=O. The summed E-state index contributed by atoms with van der Waals surface area (Å²) in [5.41, 5.74) is 2.13. The molecule has 5 rings (SSSR count). The topological polar surface area (TPSA) is 103 Å². The lowest BCUT2D eigenvalue weighted by molar-refractivity contribution is -0.134. The van der Waals surface area contributed by atoms with Crippen LogP contribution in [0.5, 0.6) is 0 Å². The van der Waals surface area contributed by atoms with Crippen LogP contribution in [0.1, 0.15) is 18.9 Å². The van der Waals surface area contributed by atoms with Crippen molar-refractivity contribution in [2.75, 3.05) is 74.3 Å². The van der Waals surface area contributed by atoms with Crippen molar-refractivity contribution < 1.29 is 23.9 Å². The number of carbonyl (C=O) groups is 3. The number of nitrogens with one attached hydrogen (secondary N) is 2. The molecule has 3 aliphatic rings. The van der Waals surface area contributed by atoms with Crippen LogP contribution in [0.2, 0.25) is 0 Å². The van der Waals surface area contributed by atoms with Crippen molar-refractivity contribution in [1.29, 1.82) is 0 Å². The van der Waals surface area contributed by atoms with E-state index in [2.05, 4.69) is 26.5 Å². The summed E-state index contributed by atoms with van der Waals surface area (Å²) in [6.45, 7) is 7.08. The van der Waals surface area contributed by atoms with Crippen molar-refractivity contribution >= 4 is 34.9 Å². The third-order valence-electron chi connectivity index (χ3n) is 7.26. The summed E-state index contributed by atoms with van der Waals surface area (Å²) < 4.78 is 11.0. The van der Waals surface area contributed by atoms with Crippen LogP contribution in [0, 0.1) is 0 Å². The fourth-order valence-electron chi connectivity index (χ4n) is 5.17. The van der Waals surface area contributed by atoms with Crippen LogP contribution in [-0.4, -0.2) is 81.9 Å². The predicted molar refractivity (Wildman–Crippen MR) is 140 cm³/mol. The van der Waals surface area contributed by atoms with Gasteiger partial charge in [-0.15, -0.1) is 0 Å². The van der Waals surface area contributed by atoms with E-state index in [0.717, 1.165) is 29.4 Å². The first-order valence-corrected chi connectivity index (χ1v) is 12.8. The molecular weight excluding hydrogens is 474 g/mol. The highest BCUT2D eigenvalue weighted by Crippen LogP contribution is 2.34. The quantitative estimate of drug-likeness (QED) is 0.554. The first-order valence-electron chi connectivity index (χ1n) is 12.8. The molecule has 3 aliphatic heterocycles. The molecule has 3 heterocycles. The summed E-state index contributed by atoms with van der Waals surface area (Å²) in [6.07, 6.45) is 0.379. The standard InChI is InChI=1S/C27H33N5O5/c1-2-27(20-6-4-3-5-7-20)25(34)32(26(35)29-27)19-24(33)28-22-9-8-21(30-10-14-36-15-11-30)18-23(22)31-12-16-37-17-13-31/h3-9,18H,2,10-17,19H2,1H3,(H,28,33)(H,29,35)/t27-/m0/s1. The lowest BCUT2D eigenvalue weighted by atomic mass is 9.87. The number of morpholine rings is 2. The molecule has 2 N–H and O–H groups in total. The molecule has 10 nitrogen and oxygen atoms in total. The highest BCUT2D eigenvalue weighted by molar-refractivity contribution is 6.10. The zero-order chi connectivity index (χ0) is 25.8. The third kappa shape index (κ3) is 4.99. The second-order valence-corrected chi connectivity index (χ2v) is 9.39. The smallest absolute Gasteiger partial charge is 0.325 e. The Morgan fingerprint density at radius 1 is 0.946 bits per heavy atom. The van der Waals surface area contributed by atoms with Crippen molar-refractivity contribution in [3.63, 3.8) is 0 Å². The van der Waals surface area contributed by atoms with Gasteiger partial charge in [-0.25, -0.2) is 4.79 Å². The highest BCUT2D eigenvalue weighted by Gasteiger charge is 2.51. The Labute approximate surface area is 216 Å². The summed E-state index contributed by atoms with van der Waals surface area (Å²) in [5.74, 6) is -0.852. The number of hydrogen-bond donors (Lipinski definition) is 2. The Morgan fingerprint density at radius 2 is 1.59 bits per heavy atom. The summed E-state index contributed by atoms with van der Waals surface area (Å²) >= 11 is 0. The van der Waals surface area contributed by atoms with Gasteiger partial charge >= 0.3 is 6.03 Å². The maximum Gasteiger partial charge on any atom is 0.325 e. The van der Waals surface area contributed by atoms with E-state index in [-0.39, 0.29) is 6.54 Å². The lowest BCUT2D eigenvalue weighted by Gasteiger charge is -2.33. The number of anilines is 3. The number of imide groups is 1. The number of nitrogens with zero attached hydrogens (tertiary/aromatic N) is 3. The minimum Gasteiger partial charge on any atom is -0.378 e. The Hall–Kier alpha value is -3.63.